The second-order valence-corrected chi connectivity index (χ2v) is 9.95. The highest BCUT2D eigenvalue weighted by Crippen LogP contribution is 2.19. The van der Waals surface area contributed by atoms with Crippen LogP contribution in [0.25, 0.3) is 0 Å². The van der Waals surface area contributed by atoms with Gasteiger partial charge in [0.25, 0.3) is 0 Å². The summed E-state index contributed by atoms with van der Waals surface area (Å²) in [6.45, 7) is 5.06. The summed E-state index contributed by atoms with van der Waals surface area (Å²) in [5.41, 5.74) is 0.605. The van der Waals surface area contributed by atoms with Gasteiger partial charge in [0.15, 0.2) is 0 Å². The topological polar surface area (TPSA) is 94.9 Å². The molecule has 0 aliphatic carbocycles. The van der Waals surface area contributed by atoms with Crippen molar-refractivity contribution in [2.24, 2.45) is 0 Å². The predicted molar refractivity (Wildman–Crippen MR) is 120 cm³/mol. The number of nitriles is 1. The van der Waals surface area contributed by atoms with Crippen LogP contribution >= 0.6 is 0 Å². The number of nitrogens with zero attached hydrogens (tertiary/aromatic N) is 3. The largest absolute Gasteiger partial charge is 0.492 e. The van der Waals surface area contributed by atoms with Crippen LogP contribution < -0.4 is 9.46 Å². The molecule has 1 N–H and O–H groups in total. The molecule has 2 fully saturated rings. The third-order valence-electron chi connectivity index (χ3n) is 5.74. The second kappa shape index (κ2) is 10.6. The first-order valence-corrected chi connectivity index (χ1v) is 12.4. The molecule has 0 aromatic heterocycles. The lowest BCUT2D eigenvalue weighted by molar-refractivity contribution is -0.138. The van der Waals surface area contributed by atoms with Gasteiger partial charge in [-0.1, -0.05) is 12.1 Å². The molecule has 2 unspecified atom stereocenters. The fourth-order valence-corrected chi connectivity index (χ4v) is 5.32. The fraction of sp³-hybridized carbons (Fsp3) is 0.435. The van der Waals surface area contributed by atoms with E-state index in [0.29, 0.717) is 31.8 Å². The van der Waals surface area contributed by atoms with Gasteiger partial charge in [0.05, 0.1) is 23.8 Å². The molecule has 2 bridgehead atoms. The van der Waals surface area contributed by atoms with Crippen molar-refractivity contribution in [3.05, 3.63) is 59.9 Å². The van der Waals surface area contributed by atoms with Crippen LogP contribution in [-0.2, 0) is 14.8 Å². The highest BCUT2D eigenvalue weighted by molar-refractivity contribution is 7.89. The van der Waals surface area contributed by atoms with Crippen molar-refractivity contribution in [2.75, 3.05) is 52.4 Å². The molecule has 2 aromatic rings. The van der Waals surface area contributed by atoms with Crippen LogP contribution in [-0.4, -0.2) is 82.8 Å². The first-order chi connectivity index (χ1) is 15.9. The third kappa shape index (κ3) is 6.28. The molecule has 0 spiro atoms. The van der Waals surface area contributed by atoms with E-state index in [-0.39, 0.29) is 23.6 Å². The van der Waals surface area contributed by atoms with Crippen LogP contribution in [0.2, 0.25) is 0 Å². The maximum Gasteiger partial charge on any atom is 0.243 e. The predicted octanol–water partition coefficient (Wildman–Crippen LogP) is 1.44. The minimum Gasteiger partial charge on any atom is -0.492 e. The number of hydrogen-bond acceptors (Lipinski definition) is 7. The number of hydrogen-bond donors (Lipinski definition) is 1. The van der Waals surface area contributed by atoms with E-state index in [4.69, 9.17) is 14.7 Å². The molecule has 2 aromatic carbocycles. The Morgan fingerprint density at radius 2 is 1.67 bits per heavy atom. The van der Waals surface area contributed by atoms with Crippen molar-refractivity contribution < 1.29 is 22.3 Å². The van der Waals surface area contributed by atoms with Gasteiger partial charge >= 0.3 is 0 Å². The summed E-state index contributed by atoms with van der Waals surface area (Å²) in [4.78, 5) is 4.18. The van der Waals surface area contributed by atoms with E-state index in [2.05, 4.69) is 20.6 Å². The van der Waals surface area contributed by atoms with Crippen LogP contribution in [0.4, 0.5) is 4.39 Å². The number of nitrogens with one attached hydrogen (secondary N) is 1. The van der Waals surface area contributed by atoms with Crippen molar-refractivity contribution >= 4 is 10.0 Å². The smallest absolute Gasteiger partial charge is 0.243 e. The van der Waals surface area contributed by atoms with Gasteiger partial charge in [0.1, 0.15) is 23.1 Å². The Labute approximate surface area is 193 Å². The SMILES string of the molecule is N#Cc1ccc(OCCN2CC3CN(CCNS(=O)(=O)c4ccccc4F)CC(C2)O3)cc1. The van der Waals surface area contributed by atoms with Gasteiger partial charge < -0.3 is 9.47 Å². The van der Waals surface area contributed by atoms with E-state index in [0.717, 1.165) is 31.5 Å². The highest BCUT2D eigenvalue weighted by atomic mass is 32.2. The van der Waals surface area contributed by atoms with Crippen molar-refractivity contribution in [3.8, 4) is 11.8 Å². The molecule has 10 heteroatoms. The summed E-state index contributed by atoms with van der Waals surface area (Å²) in [7, 11) is -3.88. The number of morpholine rings is 2. The van der Waals surface area contributed by atoms with Crippen LogP contribution in [0.3, 0.4) is 0 Å². The number of halogens is 1. The Hall–Kier alpha value is -2.55. The summed E-state index contributed by atoms with van der Waals surface area (Å²) < 4.78 is 52.8. The van der Waals surface area contributed by atoms with E-state index >= 15 is 0 Å². The molecule has 0 radical (unpaired) electrons. The Morgan fingerprint density at radius 1 is 1.03 bits per heavy atom. The van der Waals surface area contributed by atoms with Gasteiger partial charge in [-0.25, -0.2) is 17.5 Å². The van der Waals surface area contributed by atoms with Crippen molar-refractivity contribution in [2.45, 2.75) is 17.1 Å². The fourth-order valence-electron chi connectivity index (χ4n) is 4.22. The zero-order valence-electron chi connectivity index (χ0n) is 18.2. The van der Waals surface area contributed by atoms with Gasteiger partial charge in [-0.3, -0.25) is 9.80 Å². The average Bonchev–Trinajstić information content (AvgIpc) is 2.79. The molecule has 176 valence electrons. The zero-order chi connectivity index (χ0) is 23.3. The number of benzene rings is 2. The molecular weight excluding hydrogens is 447 g/mol. The van der Waals surface area contributed by atoms with Crippen LogP contribution in [0.5, 0.6) is 5.75 Å². The summed E-state index contributed by atoms with van der Waals surface area (Å²) >= 11 is 0. The molecule has 33 heavy (non-hydrogen) atoms. The van der Waals surface area contributed by atoms with Crippen molar-refractivity contribution in [3.63, 3.8) is 0 Å². The van der Waals surface area contributed by atoms with E-state index in [9.17, 15) is 12.8 Å². The standard InChI is InChI=1S/C23H27FN4O4S/c24-22-3-1-2-4-23(22)33(29,30)26-9-10-27-14-20-16-28(17-21(15-27)32-20)11-12-31-19-7-5-18(13-25)6-8-19/h1-8,20-21,26H,9-12,14-17H2. The lowest BCUT2D eigenvalue weighted by atomic mass is 10.1. The second-order valence-electron chi connectivity index (χ2n) is 8.21. The number of rotatable bonds is 9. The van der Waals surface area contributed by atoms with Crippen LogP contribution in [0.15, 0.2) is 53.4 Å². The summed E-state index contributed by atoms with van der Waals surface area (Å²) in [6, 6.07) is 14.5. The Morgan fingerprint density at radius 3 is 2.30 bits per heavy atom. The molecule has 0 amide bonds. The van der Waals surface area contributed by atoms with Gasteiger partial charge in [-0.15, -0.1) is 0 Å². The van der Waals surface area contributed by atoms with E-state index in [1.807, 2.05) is 0 Å². The first-order valence-electron chi connectivity index (χ1n) is 10.9. The summed E-state index contributed by atoms with van der Waals surface area (Å²) in [6.07, 6.45) is 0.103. The third-order valence-corrected chi connectivity index (χ3v) is 7.23. The van der Waals surface area contributed by atoms with E-state index in [1.165, 1.54) is 18.2 Å². The average molecular weight is 475 g/mol. The summed E-state index contributed by atoms with van der Waals surface area (Å²) in [5, 5.41) is 8.86. The maximum absolute atomic E-state index is 13.8. The zero-order valence-corrected chi connectivity index (χ0v) is 19.0. The van der Waals surface area contributed by atoms with Crippen molar-refractivity contribution in [1.82, 2.24) is 14.5 Å². The molecule has 2 aliphatic heterocycles. The molecule has 8 nitrogen and oxygen atoms in total. The molecule has 2 saturated heterocycles. The summed E-state index contributed by atoms with van der Waals surface area (Å²) in [5.74, 6) is -0.0133. The molecule has 0 saturated carbocycles. The van der Waals surface area contributed by atoms with E-state index in [1.54, 1.807) is 24.3 Å². The number of fused-ring (bicyclic) bond motifs is 2. The van der Waals surface area contributed by atoms with Gasteiger partial charge in [0, 0.05) is 45.8 Å². The Kier molecular flexibility index (Phi) is 7.57. The van der Waals surface area contributed by atoms with Gasteiger partial charge in [0.2, 0.25) is 10.0 Å². The van der Waals surface area contributed by atoms with Gasteiger partial charge in [-0.05, 0) is 36.4 Å². The Balaban J connectivity index is 1.19. The van der Waals surface area contributed by atoms with Crippen LogP contribution in [0.1, 0.15) is 5.56 Å². The van der Waals surface area contributed by atoms with Crippen molar-refractivity contribution in [1.29, 1.82) is 5.26 Å². The molecule has 4 rings (SSSR count). The molecular formula is C23H27FN4O4S. The lowest BCUT2D eigenvalue weighted by Gasteiger charge is -2.45. The van der Waals surface area contributed by atoms with Crippen LogP contribution in [0, 0.1) is 17.1 Å². The normalized spacial score (nSPS) is 21.5. The Bertz CT molecular complexity index is 1080. The highest BCUT2D eigenvalue weighted by Gasteiger charge is 2.34. The lowest BCUT2D eigenvalue weighted by Crippen LogP contribution is -2.60. The molecule has 2 atom stereocenters. The molecule has 2 aliphatic rings. The van der Waals surface area contributed by atoms with E-state index < -0.39 is 15.8 Å². The minimum atomic E-state index is -3.88. The first kappa shape index (κ1) is 23.6. The quantitative estimate of drug-likeness (QED) is 0.588. The minimum absolute atomic E-state index is 0.0515. The number of ether oxygens (including phenoxy) is 2. The molecule has 2 heterocycles. The maximum atomic E-state index is 13.8. The number of sulfonamides is 1. The van der Waals surface area contributed by atoms with Gasteiger partial charge in [-0.2, -0.15) is 5.26 Å². The monoisotopic (exact) mass is 474 g/mol.